The molecule has 2 aliphatic rings. The van der Waals surface area contributed by atoms with Gasteiger partial charge in [-0.2, -0.15) is 0 Å². The molecule has 0 spiro atoms. The van der Waals surface area contributed by atoms with E-state index in [1.807, 2.05) is 82.4 Å². The molecule has 7 heteroatoms. The molecule has 5 rings (SSSR count). The van der Waals surface area contributed by atoms with Crippen molar-refractivity contribution in [2.75, 3.05) is 25.0 Å². The van der Waals surface area contributed by atoms with Crippen LogP contribution in [0.3, 0.4) is 0 Å². The highest BCUT2D eigenvalue weighted by molar-refractivity contribution is 7.11. The van der Waals surface area contributed by atoms with Gasteiger partial charge in [0.25, 0.3) is 0 Å². The number of benzene rings is 2. The van der Waals surface area contributed by atoms with Gasteiger partial charge in [-0.05, 0) is 56.2 Å². The molecule has 34 heavy (non-hydrogen) atoms. The summed E-state index contributed by atoms with van der Waals surface area (Å²) in [5.41, 5.74) is 1.69. The quantitative estimate of drug-likeness (QED) is 0.486. The molecule has 0 saturated carbocycles. The maximum atomic E-state index is 13.8. The number of para-hydroxylation sites is 2. The van der Waals surface area contributed by atoms with E-state index in [4.69, 9.17) is 0 Å². The van der Waals surface area contributed by atoms with E-state index in [1.165, 1.54) is 9.75 Å². The number of hydrogen-bond donors (Lipinski definition) is 0. The molecule has 2 aromatic carbocycles. The van der Waals surface area contributed by atoms with Crippen molar-refractivity contribution < 1.29 is 9.59 Å². The number of likely N-dealkylation sites (tertiary alicyclic amines) is 1. The molecule has 0 unspecified atom stereocenters. The Labute approximate surface area is 205 Å². The van der Waals surface area contributed by atoms with Gasteiger partial charge in [-0.25, -0.2) is 9.59 Å². The second kappa shape index (κ2) is 9.50. The summed E-state index contributed by atoms with van der Waals surface area (Å²) < 4.78 is 0. The van der Waals surface area contributed by atoms with Crippen LogP contribution in [0.15, 0.2) is 72.8 Å². The summed E-state index contributed by atoms with van der Waals surface area (Å²) in [5.74, 6) is 0. The van der Waals surface area contributed by atoms with E-state index in [0.717, 1.165) is 24.2 Å². The lowest BCUT2D eigenvalue weighted by Crippen LogP contribution is -2.60. The van der Waals surface area contributed by atoms with E-state index in [9.17, 15) is 9.59 Å². The lowest BCUT2D eigenvalue weighted by molar-refractivity contribution is 0.0856. The van der Waals surface area contributed by atoms with Crippen molar-refractivity contribution in [1.29, 1.82) is 0 Å². The Morgan fingerprint density at radius 1 is 0.853 bits per heavy atom. The Hall–Kier alpha value is -3.32. The number of rotatable bonds is 4. The molecule has 2 atom stereocenters. The van der Waals surface area contributed by atoms with Gasteiger partial charge < -0.3 is 14.7 Å². The van der Waals surface area contributed by atoms with Crippen molar-refractivity contribution >= 4 is 34.8 Å². The van der Waals surface area contributed by atoms with E-state index >= 15 is 0 Å². The highest BCUT2D eigenvalue weighted by Crippen LogP contribution is 2.34. The fourth-order valence-corrected chi connectivity index (χ4v) is 6.05. The third kappa shape index (κ3) is 4.40. The Kier molecular flexibility index (Phi) is 6.28. The van der Waals surface area contributed by atoms with Crippen LogP contribution in [-0.4, -0.2) is 59.0 Å². The molecule has 3 heterocycles. The van der Waals surface area contributed by atoms with Crippen molar-refractivity contribution in [3.63, 3.8) is 0 Å². The van der Waals surface area contributed by atoms with Gasteiger partial charge in [-0.3, -0.25) is 4.90 Å². The molecule has 2 bridgehead atoms. The van der Waals surface area contributed by atoms with Crippen molar-refractivity contribution in [1.82, 2.24) is 14.7 Å². The standard InChI is InChI=1S/C27H30N4O2S/c1-20-13-16-25(34-20)19-28(2)26(32)31-23-14-15-24(31)18-29(17-23)27(33)30(21-9-5-3-6-10-21)22-11-7-4-8-12-22/h3-13,16,23-24H,14-15,17-19H2,1-2H3/t23-,24+. The molecular formula is C27H30N4O2S. The molecule has 1 aromatic heterocycles. The Morgan fingerprint density at radius 3 is 1.91 bits per heavy atom. The highest BCUT2D eigenvalue weighted by atomic mass is 32.1. The molecule has 4 amide bonds. The smallest absolute Gasteiger partial charge is 0.323 e. The molecule has 3 aromatic rings. The lowest BCUT2D eigenvalue weighted by Gasteiger charge is -2.43. The first-order chi connectivity index (χ1) is 16.5. The summed E-state index contributed by atoms with van der Waals surface area (Å²) in [7, 11) is 1.88. The second-order valence-corrected chi connectivity index (χ2v) is 10.5. The van der Waals surface area contributed by atoms with Gasteiger partial charge in [-0.15, -0.1) is 11.3 Å². The summed E-state index contributed by atoms with van der Waals surface area (Å²) in [6.07, 6.45) is 1.87. The predicted molar refractivity (Wildman–Crippen MR) is 137 cm³/mol. The van der Waals surface area contributed by atoms with Crippen LogP contribution in [0.25, 0.3) is 0 Å². The van der Waals surface area contributed by atoms with Crippen molar-refractivity contribution in [3.8, 4) is 0 Å². The van der Waals surface area contributed by atoms with Gasteiger partial charge in [0, 0.05) is 29.9 Å². The molecular weight excluding hydrogens is 444 g/mol. The van der Waals surface area contributed by atoms with E-state index in [-0.39, 0.29) is 24.1 Å². The Bertz CT molecular complexity index is 1100. The lowest BCUT2D eigenvalue weighted by atomic mass is 10.2. The first-order valence-electron chi connectivity index (χ1n) is 11.8. The first-order valence-corrected chi connectivity index (χ1v) is 12.6. The van der Waals surface area contributed by atoms with Crippen LogP contribution in [0.2, 0.25) is 0 Å². The number of thiophene rings is 1. The Balaban J connectivity index is 1.32. The van der Waals surface area contributed by atoms with E-state index in [0.29, 0.717) is 19.6 Å². The second-order valence-electron chi connectivity index (χ2n) is 9.14. The maximum absolute atomic E-state index is 13.8. The summed E-state index contributed by atoms with van der Waals surface area (Å²) in [4.78, 5) is 37.2. The number of amides is 4. The monoisotopic (exact) mass is 474 g/mol. The minimum atomic E-state index is -0.0381. The molecule has 2 saturated heterocycles. The van der Waals surface area contributed by atoms with Crippen LogP contribution in [-0.2, 0) is 6.54 Å². The third-order valence-corrected chi connectivity index (χ3v) is 7.69. The number of piperazine rings is 1. The first kappa shape index (κ1) is 22.5. The zero-order valence-electron chi connectivity index (χ0n) is 19.6. The van der Waals surface area contributed by atoms with Crippen LogP contribution in [0, 0.1) is 6.92 Å². The molecule has 176 valence electrons. The van der Waals surface area contributed by atoms with Gasteiger partial charge in [0.1, 0.15) is 0 Å². The molecule has 6 nitrogen and oxygen atoms in total. The number of urea groups is 2. The predicted octanol–water partition coefficient (Wildman–Crippen LogP) is 5.72. The molecule has 0 aliphatic carbocycles. The minimum absolute atomic E-state index is 0.0381. The Morgan fingerprint density at radius 2 is 1.41 bits per heavy atom. The zero-order chi connectivity index (χ0) is 23.7. The summed E-state index contributed by atoms with van der Waals surface area (Å²) in [5, 5.41) is 0. The minimum Gasteiger partial charge on any atom is -0.323 e. The van der Waals surface area contributed by atoms with E-state index < -0.39 is 0 Å². The number of anilines is 2. The summed E-state index contributed by atoms with van der Waals surface area (Å²) in [6, 6.07) is 23.9. The normalized spacial score (nSPS) is 19.2. The van der Waals surface area contributed by atoms with Gasteiger partial charge in [-0.1, -0.05) is 36.4 Å². The number of hydrogen-bond acceptors (Lipinski definition) is 3. The van der Waals surface area contributed by atoms with Gasteiger partial charge in [0.05, 0.1) is 30.0 Å². The van der Waals surface area contributed by atoms with Gasteiger partial charge in [0.2, 0.25) is 0 Å². The fourth-order valence-electron chi connectivity index (χ4n) is 5.11. The van der Waals surface area contributed by atoms with Crippen molar-refractivity contribution in [2.24, 2.45) is 0 Å². The van der Waals surface area contributed by atoms with E-state index in [2.05, 4.69) is 19.1 Å². The average molecular weight is 475 g/mol. The molecule has 0 N–H and O–H groups in total. The number of nitrogens with zero attached hydrogens (tertiary/aromatic N) is 4. The van der Waals surface area contributed by atoms with Crippen molar-refractivity contribution in [3.05, 3.63) is 82.6 Å². The third-order valence-electron chi connectivity index (χ3n) is 6.71. The molecule has 2 fully saturated rings. The highest BCUT2D eigenvalue weighted by Gasteiger charge is 2.45. The van der Waals surface area contributed by atoms with Crippen LogP contribution >= 0.6 is 11.3 Å². The van der Waals surface area contributed by atoms with Crippen molar-refractivity contribution in [2.45, 2.75) is 38.4 Å². The topological polar surface area (TPSA) is 47.1 Å². The number of carbonyl (C=O) groups excluding carboxylic acids is 2. The van der Waals surface area contributed by atoms with Crippen LogP contribution < -0.4 is 4.90 Å². The summed E-state index contributed by atoms with van der Waals surface area (Å²) >= 11 is 1.73. The zero-order valence-corrected chi connectivity index (χ0v) is 20.4. The SMILES string of the molecule is Cc1ccc(CN(C)C(=O)N2[C@@H]3CC[C@H]2CN(C(=O)N(c2ccccc2)c2ccccc2)C3)s1. The average Bonchev–Trinajstić information content (AvgIpc) is 3.38. The largest absolute Gasteiger partial charge is 0.329 e. The van der Waals surface area contributed by atoms with Crippen LogP contribution in [0.1, 0.15) is 22.6 Å². The van der Waals surface area contributed by atoms with E-state index in [1.54, 1.807) is 16.2 Å². The van der Waals surface area contributed by atoms with Gasteiger partial charge >= 0.3 is 12.1 Å². The summed E-state index contributed by atoms with van der Waals surface area (Å²) in [6.45, 7) is 3.82. The number of fused-ring (bicyclic) bond motifs is 2. The maximum Gasteiger partial charge on any atom is 0.329 e. The molecule has 2 aliphatic heterocycles. The fraction of sp³-hybridized carbons (Fsp3) is 0.333. The number of carbonyl (C=O) groups is 2. The molecule has 0 radical (unpaired) electrons. The van der Waals surface area contributed by atoms with Gasteiger partial charge in [0.15, 0.2) is 0 Å². The van der Waals surface area contributed by atoms with Crippen LogP contribution in [0.4, 0.5) is 21.0 Å². The van der Waals surface area contributed by atoms with Crippen LogP contribution in [0.5, 0.6) is 0 Å². The number of aryl methyl sites for hydroxylation is 1.